The van der Waals surface area contributed by atoms with Crippen LogP contribution in [-0.4, -0.2) is 43.9 Å². The quantitative estimate of drug-likeness (QED) is 0.758. The number of halogens is 1. The Bertz CT molecular complexity index is 570. The fourth-order valence-corrected chi connectivity index (χ4v) is 2.64. The fraction of sp³-hybridized carbons (Fsp3) is 0.500. The van der Waals surface area contributed by atoms with Crippen LogP contribution in [0.1, 0.15) is 30.6 Å². The van der Waals surface area contributed by atoms with E-state index >= 15 is 0 Å². The van der Waals surface area contributed by atoms with Gasteiger partial charge >= 0.3 is 0 Å². The van der Waals surface area contributed by atoms with Gasteiger partial charge in [0, 0.05) is 30.3 Å². The molecule has 1 aromatic rings. The van der Waals surface area contributed by atoms with Crippen molar-refractivity contribution in [2.75, 3.05) is 18.7 Å². The number of hydrogen-bond acceptors (Lipinski definition) is 3. The van der Waals surface area contributed by atoms with Crippen LogP contribution in [0, 0.1) is 0 Å². The fourth-order valence-electron chi connectivity index (χ4n) is 1.85. The van der Waals surface area contributed by atoms with Gasteiger partial charge in [-0.25, -0.2) is 8.42 Å². The summed E-state index contributed by atoms with van der Waals surface area (Å²) < 4.78 is 23.1. The summed E-state index contributed by atoms with van der Waals surface area (Å²) in [5, 5.41) is 0. The molecule has 0 aliphatic carbocycles. The average molecular weight is 318 g/mol. The summed E-state index contributed by atoms with van der Waals surface area (Å²) in [6.45, 7) is 4.40. The molecule has 0 atom stereocenters. The van der Waals surface area contributed by atoms with E-state index in [-0.39, 0.29) is 16.8 Å². The van der Waals surface area contributed by atoms with E-state index in [0.717, 1.165) is 6.26 Å². The van der Waals surface area contributed by atoms with Gasteiger partial charge < -0.3 is 4.90 Å². The molecule has 0 unspecified atom stereocenters. The van der Waals surface area contributed by atoms with Gasteiger partial charge in [0.15, 0.2) is 9.84 Å². The highest BCUT2D eigenvalue weighted by Gasteiger charge is 2.19. The van der Waals surface area contributed by atoms with Crippen molar-refractivity contribution < 1.29 is 13.2 Å². The summed E-state index contributed by atoms with van der Waals surface area (Å²) in [5.74, 6) is 0.315. The molecule has 0 fully saturated rings. The molecule has 0 aromatic heterocycles. The van der Waals surface area contributed by atoms with E-state index < -0.39 is 9.84 Å². The third-order valence-corrected chi connectivity index (χ3v) is 4.30. The Morgan fingerprint density at radius 1 is 1.35 bits per heavy atom. The Kier molecular flexibility index (Phi) is 6.02. The SMILES string of the molecule is CC(C)N(CCCCl)C(=O)c1cccc(S(C)(=O)=O)c1. The zero-order valence-corrected chi connectivity index (χ0v) is 13.5. The maximum Gasteiger partial charge on any atom is 0.254 e. The predicted octanol–water partition coefficient (Wildman–Crippen LogP) is 2.57. The van der Waals surface area contributed by atoms with Gasteiger partial charge in [-0.1, -0.05) is 6.07 Å². The van der Waals surface area contributed by atoms with Crippen molar-refractivity contribution in [2.24, 2.45) is 0 Å². The van der Waals surface area contributed by atoms with Crippen molar-refractivity contribution in [3.63, 3.8) is 0 Å². The van der Waals surface area contributed by atoms with Gasteiger partial charge in [0.2, 0.25) is 0 Å². The molecule has 0 spiro atoms. The van der Waals surface area contributed by atoms with E-state index in [9.17, 15) is 13.2 Å². The molecule has 1 rings (SSSR count). The summed E-state index contributed by atoms with van der Waals surface area (Å²) in [4.78, 5) is 14.3. The number of nitrogens with zero attached hydrogens (tertiary/aromatic N) is 1. The van der Waals surface area contributed by atoms with Crippen LogP contribution in [0.25, 0.3) is 0 Å². The molecule has 0 aliphatic rings. The lowest BCUT2D eigenvalue weighted by molar-refractivity contribution is 0.0706. The molecule has 0 saturated heterocycles. The molecule has 20 heavy (non-hydrogen) atoms. The maximum atomic E-state index is 12.5. The van der Waals surface area contributed by atoms with Crippen LogP contribution in [0.2, 0.25) is 0 Å². The zero-order chi connectivity index (χ0) is 15.3. The molecule has 1 amide bonds. The van der Waals surface area contributed by atoms with E-state index in [4.69, 9.17) is 11.6 Å². The van der Waals surface area contributed by atoms with Gasteiger partial charge in [-0.05, 0) is 38.5 Å². The van der Waals surface area contributed by atoms with E-state index in [1.165, 1.54) is 12.1 Å². The number of carbonyl (C=O) groups is 1. The van der Waals surface area contributed by atoms with Crippen LogP contribution in [0.4, 0.5) is 0 Å². The minimum absolute atomic E-state index is 0.0348. The van der Waals surface area contributed by atoms with Crippen LogP contribution in [0.15, 0.2) is 29.2 Å². The Balaban J connectivity index is 3.06. The molecular weight excluding hydrogens is 298 g/mol. The largest absolute Gasteiger partial charge is 0.336 e. The van der Waals surface area contributed by atoms with Crippen LogP contribution in [0.3, 0.4) is 0 Å². The minimum atomic E-state index is -3.31. The third kappa shape index (κ3) is 4.49. The zero-order valence-electron chi connectivity index (χ0n) is 12.0. The maximum absolute atomic E-state index is 12.5. The van der Waals surface area contributed by atoms with Crippen molar-refractivity contribution in [3.05, 3.63) is 29.8 Å². The first-order valence-corrected chi connectivity index (χ1v) is 8.87. The highest BCUT2D eigenvalue weighted by molar-refractivity contribution is 7.90. The number of hydrogen-bond donors (Lipinski definition) is 0. The molecule has 6 heteroatoms. The second kappa shape index (κ2) is 7.09. The first-order valence-electron chi connectivity index (χ1n) is 6.44. The molecule has 1 aromatic carbocycles. The minimum Gasteiger partial charge on any atom is -0.336 e. The Hall–Kier alpha value is -1.07. The molecule has 112 valence electrons. The predicted molar refractivity (Wildman–Crippen MR) is 81.1 cm³/mol. The van der Waals surface area contributed by atoms with Gasteiger partial charge in [-0.3, -0.25) is 4.79 Å². The summed E-state index contributed by atoms with van der Waals surface area (Å²) in [6.07, 6.45) is 1.83. The van der Waals surface area contributed by atoms with Crippen molar-refractivity contribution in [1.29, 1.82) is 0 Å². The highest BCUT2D eigenvalue weighted by Crippen LogP contribution is 2.15. The van der Waals surface area contributed by atoms with Crippen LogP contribution >= 0.6 is 11.6 Å². The topological polar surface area (TPSA) is 54.5 Å². The van der Waals surface area contributed by atoms with Gasteiger partial charge in [-0.15, -0.1) is 11.6 Å². The van der Waals surface area contributed by atoms with Crippen LogP contribution < -0.4 is 0 Å². The molecule has 0 aliphatic heterocycles. The standard InChI is InChI=1S/C14H20ClNO3S/c1-11(2)16(9-5-8-15)14(17)12-6-4-7-13(10-12)20(3,18)19/h4,6-7,10-11H,5,8-9H2,1-3H3. The lowest BCUT2D eigenvalue weighted by Gasteiger charge is -2.26. The summed E-state index contributed by atoms with van der Waals surface area (Å²) in [5.41, 5.74) is 0.385. The van der Waals surface area contributed by atoms with Gasteiger partial charge in [0.1, 0.15) is 0 Å². The van der Waals surface area contributed by atoms with E-state index in [1.807, 2.05) is 13.8 Å². The Morgan fingerprint density at radius 2 is 2.00 bits per heavy atom. The van der Waals surface area contributed by atoms with E-state index in [0.29, 0.717) is 24.4 Å². The van der Waals surface area contributed by atoms with Crippen molar-refractivity contribution in [3.8, 4) is 0 Å². The molecule has 4 nitrogen and oxygen atoms in total. The van der Waals surface area contributed by atoms with Gasteiger partial charge in [0.25, 0.3) is 5.91 Å². The van der Waals surface area contributed by atoms with Crippen molar-refractivity contribution in [2.45, 2.75) is 31.2 Å². The summed E-state index contributed by atoms with van der Waals surface area (Å²) in [7, 11) is -3.31. The number of sulfone groups is 1. The number of rotatable bonds is 6. The number of carbonyl (C=O) groups excluding carboxylic acids is 1. The summed E-state index contributed by atoms with van der Waals surface area (Å²) in [6, 6.07) is 6.17. The monoisotopic (exact) mass is 317 g/mol. The lowest BCUT2D eigenvalue weighted by atomic mass is 10.1. The van der Waals surface area contributed by atoms with Gasteiger partial charge in [0.05, 0.1) is 4.90 Å². The van der Waals surface area contributed by atoms with Gasteiger partial charge in [-0.2, -0.15) is 0 Å². The second-order valence-corrected chi connectivity index (χ2v) is 7.33. The molecule has 0 N–H and O–H groups in total. The average Bonchev–Trinajstić information content (AvgIpc) is 2.37. The first-order chi connectivity index (χ1) is 9.27. The van der Waals surface area contributed by atoms with Crippen molar-refractivity contribution >= 4 is 27.3 Å². The number of benzene rings is 1. The van der Waals surface area contributed by atoms with E-state index in [1.54, 1.807) is 17.0 Å². The molecule has 0 saturated carbocycles. The number of amides is 1. The molecule has 0 bridgehead atoms. The van der Waals surface area contributed by atoms with E-state index in [2.05, 4.69) is 0 Å². The van der Waals surface area contributed by atoms with Crippen molar-refractivity contribution in [1.82, 2.24) is 4.90 Å². The molecular formula is C14H20ClNO3S. The summed E-state index contributed by atoms with van der Waals surface area (Å²) >= 11 is 5.67. The van der Waals surface area contributed by atoms with Crippen LogP contribution in [-0.2, 0) is 9.84 Å². The van der Waals surface area contributed by atoms with Crippen LogP contribution in [0.5, 0.6) is 0 Å². The third-order valence-electron chi connectivity index (χ3n) is 2.93. The highest BCUT2D eigenvalue weighted by atomic mass is 35.5. The Labute approximate surface area is 125 Å². The smallest absolute Gasteiger partial charge is 0.254 e. The Morgan fingerprint density at radius 3 is 2.50 bits per heavy atom. The first kappa shape index (κ1) is 17.0. The molecule has 0 radical (unpaired) electrons. The second-order valence-electron chi connectivity index (χ2n) is 4.93. The number of alkyl halides is 1. The lowest BCUT2D eigenvalue weighted by Crippen LogP contribution is -2.38. The normalized spacial score (nSPS) is 11.7. The molecule has 0 heterocycles.